The number of aromatic nitrogens is 2. The van der Waals surface area contributed by atoms with E-state index in [0.717, 1.165) is 36.3 Å². The lowest BCUT2D eigenvalue weighted by Crippen LogP contribution is -2.36. The van der Waals surface area contributed by atoms with Gasteiger partial charge in [0.1, 0.15) is 22.8 Å². The highest BCUT2D eigenvalue weighted by Crippen LogP contribution is 2.32. The van der Waals surface area contributed by atoms with Gasteiger partial charge in [0.15, 0.2) is 11.5 Å². The number of anilines is 1. The molecule has 0 saturated carbocycles. The quantitative estimate of drug-likeness (QED) is 0.418. The number of rotatable bonds is 6. The summed E-state index contributed by atoms with van der Waals surface area (Å²) in [5.74, 6) is -0.950. The molecule has 8 nitrogen and oxygen atoms in total. The van der Waals surface area contributed by atoms with Crippen LogP contribution in [0.25, 0.3) is 22.1 Å². The molecule has 1 aliphatic heterocycles. The Bertz CT molecular complexity index is 1400. The van der Waals surface area contributed by atoms with Crippen LogP contribution in [-0.2, 0) is 18.4 Å². The van der Waals surface area contributed by atoms with Gasteiger partial charge in [-0.3, -0.25) is 9.48 Å². The van der Waals surface area contributed by atoms with Crippen molar-refractivity contribution in [2.24, 2.45) is 7.05 Å². The van der Waals surface area contributed by atoms with Gasteiger partial charge in [-0.25, -0.2) is 4.39 Å². The maximum Gasteiger partial charge on any atom is 0.328 e. The second-order valence-electron chi connectivity index (χ2n) is 8.16. The van der Waals surface area contributed by atoms with Crippen LogP contribution in [0.1, 0.15) is 22.7 Å². The normalized spacial score (nSPS) is 14.2. The number of halogens is 1. The molecule has 0 aliphatic carbocycles. The topological polar surface area (TPSA) is 95.6 Å². The number of methoxy groups -OCH3 is 1. The Labute approximate surface area is 198 Å². The first-order chi connectivity index (χ1) is 16.3. The van der Waals surface area contributed by atoms with Crippen LogP contribution in [0.2, 0.25) is 0 Å². The Morgan fingerprint density at radius 1 is 1.26 bits per heavy atom. The van der Waals surface area contributed by atoms with Gasteiger partial charge in [0.05, 0.1) is 18.2 Å². The fourth-order valence-electron chi connectivity index (χ4n) is 4.01. The van der Waals surface area contributed by atoms with Gasteiger partial charge >= 0.3 is 5.91 Å². The third kappa shape index (κ3) is 3.99. The van der Waals surface area contributed by atoms with Crippen molar-refractivity contribution >= 4 is 33.9 Å². The number of furan rings is 1. The van der Waals surface area contributed by atoms with Crippen LogP contribution >= 0.6 is 0 Å². The van der Waals surface area contributed by atoms with E-state index in [-0.39, 0.29) is 16.7 Å². The molecule has 4 aromatic rings. The van der Waals surface area contributed by atoms with Gasteiger partial charge in [-0.05, 0) is 31.0 Å². The van der Waals surface area contributed by atoms with E-state index in [0.29, 0.717) is 16.3 Å². The number of hydrogen-bond acceptors (Lipinski definition) is 6. The molecular weight excluding hydrogens is 459 g/mol. The minimum absolute atomic E-state index is 0.124. The van der Waals surface area contributed by atoms with Crippen LogP contribution in [0.4, 0.5) is 10.1 Å². The summed E-state index contributed by atoms with van der Waals surface area (Å²) >= 11 is -1.95. The number of benzene rings is 2. The number of amides is 1. The van der Waals surface area contributed by atoms with Crippen LogP contribution in [0.5, 0.6) is 5.75 Å². The van der Waals surface area contributed by atoms with Gasteiger partial charge in [0.25, 0.3) is 0 Å². The maximum absolute atomic E-state index is 14.6. The monoisotopic (exact) mass is 482 g/mol. The summed E-state index contributed by atoms with van der Waals surface area (Å²) in [6, 6.07) is 9.69. The second-order valence-corrected chi connectivity index (χ2v) is 9.34. The Balaban J connectivity index is 1.41. The molecule has 1 fully saturated rings. The summed E-state index contributed by atoms with van der Waals surface area (Å²) in [6.45, 7) is 3.60. The van der Waals surface area contributed by atoms with E-state index >= 15 is 0 Å². The predicted octanol–water partition coefficient (Wildman–Crippen LogP) is 3.95. The fourth-order valence-corrected chi connectivity index (χ4v) is 4.96. The molecule has 1 aliphatic rings. The minimum Gasteiger partial charge on any atom is -0.588 e. The zero-order valence-corrected chi connectivity index (χ0v) is 19.7. The molecule has 176 valence electrons. The summed E-state index contributed by atoms with van der Waals surface area (Å²) in [5, 5.41) is 4.54. The first-order valence-corrected chi connectivity index (χ1v) is 11.9. The molecule has 1 atom stereocenters. The molecule has 5 rings (SSSR count). The molecular formula is C24H23FN4O4S. The van der Waals surface area contributed by atoms with Gasteiger partial charge in [0, 0.05) is 55.8 Å². The molecule has 10 heteroatoms. The number of fused-ring (bicyclic) bond motifs is 1. The standard InChI is InChI=1S/C24H23FN4O4S/c1-14-18(13-28(2)26-14)15-5-6-20(32-3)23(9-15)34(31)27-24(30)22-12-17-19(25)10-16(11-21(17)33-22)29-7-4-8-29/h5-6,9-13H,4,7-8H2,1-3H3,(H,27,30). The lowest BCUT2D eigenvalue weighted by Gasteiger charge is -2.33. The smallest absolute Gasteiger partial charge is 0.328 e. The number of hydrogen-bond donors (Lipinski definition) is 1. The highest BCUT2D eigenvalue weighted by atomic mass is 32.2. The number of nitrogens with one attached hydrogen (secondary N) is 1. The van der Waals surface area contributed by atoms with Crippen molar-refractivity contribution in [1.82, 2.24) is 14.5 Å². The molecule has 0 spiro atoms. The molecule has 0 radical (unpaired) electrons. The second kappa shape index (κ2) is 8.69. The van der Waals surface area contributed by atoms with E-state index < -0.39 is 23.1 Å². The average Bonchev–Trinajstić information content (AvgIpc) is 3.35. The SMILES string of the molecule is COc1ccc(-c2cn(C)nc2C)cc1[S+]([O-])NC(=O)c1cc2c(F)cc(N3CCC3)cc2o1. The Hall–Kier alpha value is -3.50. The van der Waals surface area contributed by atoms with Gasteiger partial charge in [0.2, 0.25) is 4.90 Å². The number of ether oxygens (including phenoxy) is 1. The molecule has 0 bridgehead atoms. The van der Waals surface area contributed by atoms with E-state index in [1.54, 1.807) is 22.9 Å². The van der Waals surface area contributed by atoms with Gasteiger partial charge < -0.3 is 18.6 Å². The Kier molecular flexibility index (Phi) is 5.70. The van der Waals surface area contributed by atoms with Crippen LogP contribution in [0, 0.1) is 12.7 Å². The van der Waals surface area contributed by atoms with Crippen molar-refractivity contribution in [3.63, 3.8) is 0 Å². The highest BCUT2D eigenvalue weighted by molar-refractivity contribution is 7.90. The van der Waals surface area contributed by atoms with Gasteiger partial charge in [-0.1, -0.05) is 6.07 Å². The molecule has 2 aromatic carbocycles. The van der Waals surface area contributed by atoms with E-state index in [1.165, 1.54) is 19.2 Å². The number of aryl methyl sites for hydroxylation is 2. The van der Waals surface area contributed by atoms with Crippen molar-refractivity contribution < 1.29 is 22.9 Å². The van der Waals surface area contributed by atoms with Crippen molar-refractivity contribution in [2.45, 2.75) is 18.2 Å². The van der Waals surface area contributed by atoms with Gasteiger partial charge in [-0.2, -0.15) is 9.82 Å². The van der Waals surface area contributed by atoms with E-state index in [4.69, 9.17) is 9.15 Å². The zero-order chi connectivity index (χ0) is 24.0. The van der Waals surface area contributed by atoms with E-state index in [9.17, 15) is 13.7 Å². The molecule has 2 aromatic heterocycles. The highest BCUT2D eigenvalue weighted by Gasteiger charge is 2.26. The molecule has 1 saturated heterocycles. The third-order valence-corrected chi connectivity index (χ3v) is 6.98. The molecule has 1 N–H and O–H groups in total. The summed E-state index contributed by atoms with van der Waals surface area (Å²) < 4.78 is 42.8. The lowest BCUT2D eigenvalue weighted by atomic mass is 10.1. The van der Waals surface area contributed by atoms with E-state index in [1.807, 2.05) is 31.1 Å². The van der Waals surface area contributed by atoms with Crippen molar-refractivity contribution in [3.05, 3.63) is 59.9 Å². The number of nitrogens with zero attached hydrogens (tertiary/aromatic N) is 3. The summed E-state index contributed by atoms with van der Waals surface area (Å²) in [4.78, 5) is 15.1. The Morgan fingerprint density at radius 3 is 2.71 bits per heavy atom. The predicted molar refractivity (Wildman–Crippen MR) is 127 cm³/mol. The van der Waals surface area contributed by atoms with Gasteiger partial charge in [-0.15, -0.1) is 0 Å². The molecule has 1 unspecified atom stereocenters. The molecule has 1 amide bonds. The van der Waals surface area contributed by atoms with Crippen LogP contribution < -0.4 is 14.4 Å². The maximum atomic E-state index is 14.6. The third-order valence-electron chi connectivity index (χ3n) is 5.89. The number of carbonyl (C=O) groups excluding carboxylic acids is 1. The van der Waals surface area contributed by atoms with Crippen molar-refractivity contribution in [2.75, 3.05) is 25.1 Å². The summed E-state index contributed by atoms with van der Waals surface area (Å²) in [5.41, 5.74) is 3.46. The summed E-state index contributed by atoms with van der Waals surface area (Å²) in [7, 11) is 3.28. The first kappa shape index (κ1) is 22.3. The largest absolute Gasteiger partial charge is 0.588 e. The summed E-state index contributed by atoms with van der Waals surface area (Å²) in [6.07, 6.45) is 2.92. The van der Waals surface area contributed by atoms with Crippen LogP contribution in [0.3, 0.4) is 0 Å². The number of carbonyl (C=O) groups is 1. The zero-order valence-electron chi connectivity index (χ0n) is 18.9. The molecule has 34 heavy (non-hydrogen) atoms. The lowest BCUT2D eigenvalue weighted by molar-refractivity contribution is 0.0956. The van der Waals surface area contributed by atoms with Crippen molar-refractivity contribution in [3.8, 4) is 16.9 Å². The average molecular weight is 483 g/mol. The first-order valence-electron chi connectivity index (χ1n) is 10.7. The minimum atomic E-state index is -1.95. The van der Waals surface area contributed by atoms with E-state index in [2.05, 4.69) is 9.82 Å². The van der Waals surface area contributed by atoms with Crippen molar-refractivity contribution in [1.29, 1.82) is 0 Å². The van der Waals surface area contributed by atoms with Crippen LogP contribution in [-0.4, -0.2) is 40.4 Å². The fraction of sp³-hybridized carbons (Fsp3) is 0.250. The molecule has 3 heterocycles. The Morgan fingerprint density at radius 2 is 2.06 bits per heavy atom. The van der Waals surface area contributed by atoms with Crippen LogP contribution in [0.15, 0.2) is 51.9 Å².